The summed E-state index contributed by atoms with van der Waals surface area (Å²) in [6.07, 6.45) is 7.14. The third-order valence-corrected chi connectivity index (χ3v) is 5.06. The lowest BCUT2D eigenvalue weighted by atomic mass is 10.1. The fraction of sp³-hybridized carbons (Fsp3) is 0.250. The number of carbonyl (C=O) groups is 2. The smallest absolute Gasteiger partial charge is 0.343 e. The zero-order chi connectivity index (χ0) is 24.2. The molecule has 0 fully saturated rings. The van der Waals surface area contributed by atoms with Gasteiger partial charge in [-0.2, -0.15) is 0 Å². The van der Waals surface area contributed by atoms with Crippen LogP contribution in [0.25, 0.3) is 11.1 Å². The topological polar surface area (TPSA) is 74.7 Å². The van der Waals surface area contributed by atoms with Crippen molar-refractivity contribution >= 4 is 11.9 Å². The number of nitrogens with zero attached hydrogens (tertiary/aromatic N) is 1. The fourth-order valence-corrected chi connectivity index (χ4v) is 3.15. The number of ether oxygens (including phenoxy) is 3. The molecule has 0 aliphatic rings. The summed E-state index contributed by atoms with van der Waals surface area (Å²) in [5.41, 5.74) is 2.95. The third kappa shape index (κ3) is 7.89. The minimum absolute atomic E-state index is 0.338. The van der Waals surface area contributed by atoms with Gasteiger partial charge in [-0.3, -0.25) is 4.98 Å². The molecule has 0 amide bonds. The highest BCUT2D eigenvalue weighted by Crippen LogP contribution is 2.22. The van der Waals surface area contributed by atoms with E-state index >= 15 is 0 Å². The summed E-state index contributed by atoms with van der Waals surface area (Å²) in [5.74, 6) is 0.427. The number of carbonyl (C=O) groups excluding carboxylic acids is 2. The van der Waals surface area contributed by atoms with Gasteiger partial charge < -0.3 is 14.2 Å². The van der Waals surface area contributed by atoms with Gasteiger partial charge in [-0.15, -0.1) is 0 Å². The second kappa shape index (κ2) is 12.9. The maximum Gasteiger partial charge on any atom is 0.343 e. The Kier molecular flexibility index (Phi) is 9.40. The second-order valence-corrected chi connectivity index (χ2v) is 7.85. The molecular weight excluding hydrogens is 430 g/mol. The Hall–Kier alpha value is -3.93. The number of unbranched alkanes of at least 4 members (excludes halogenated alkanes) is 3. The van der Waals surface area contributed by atoms with Crippen LogP contribution in [0.4, 0.5) is 0 Å². The lowest BCUT2D eigenvalue weighted by Crippen LogP contribution is -2.08. The van der Waals surface area contributed by atoms with Crippen molar-refractivity contribution < 1.29 is 23.8 Å². The largest absolute Gasteiger partial charge is 0.494 e. The van der Waals surface area contributed by atoms with Crippen molar-refractivity contribution in [1.82, 2.24) is 4.98 Å². The first-order chi connectivity index (χ1) is 16.5. The van der Waals surface area contributed by atoms with E-state index in [4.69, 9.17) is 14.2 Å². The molecule has 0 bridgehead atoms. The van der Waals surface area contributed by atoms with Crippen LogP contribution >= 0.6 is 0 Å². The summed E-state index contributed by atoms with van der Waals surface area (Å²) in [7, 11) is 0. The maximum absolute atomic E-state index is 12.4. The lowest BCUT2D eigenvalue weighted by molar-refractivity contribution is -0.139. The summed E-state index contributed by atoms with van der Waals surface area (Å²) in [5, 5.41) is 0. The molecule has 1 aromatic heterocycles. The van der Waals surface area contributed by atoms with E-state index in [-0.39, 0.29) is 5.97 Å². The standard InChI is InChI=1S/C28H29NO5/c1-21(2)27(30)33-20-6-4-3-5-19-32-25-11-9-24(10-12-25)28(31)34-26-13-7-22(8-14-26)23-15-17-29-18-16-23/h7-18H,1,3-6,19-20H2,2H3. The average Bonchev–Trinajstić information content (AvgIpc) is 2.86. The van der Waals surface area contributed by atoms with Crippen LogP contribution in [-0.4, -0.2) is 30.1 Å². The van der Waals surface area contributed by atoms with E-state index in [2.05, 4.69) is 11.6 Å². The van der Waals surface area contributed by atoms with Gasteiger partial charge in [0.15, 0.2) is 0 Å². The van der Waals surface area contributed by atoms with Crippen molar-refractivity contribution in [3.05, 3.63) is 90.8 Å². The Balaban J connectivity index is 1.36. The zero-order valence-corrected chi connectivity index (χ0v) is 19.4. The molecule has 0 saturated heterocycles. The van der Waals surface area contributed by atoms with Gasteiger partial charge in [0.25, 0.3) is 0 Å². The van der Waals surface area contributed by atoms with Crippen LogP contribution in [0.2, 0.25) is 0 Å². The van der Waals surface area contributed by atoms with E-state index in [9.17, 15) is 9.59 Å². The highest BCUT2D eigenvalue weighted by molar-refractivity contribution is 5.91. The maximum atomic E-state index is 12.4. The van der Waals surface area contributed by atoms with E-state index in [1.54, 1.807) is 55.7 Å². The quantitative estimate of drug-likeness (QED) is 0.143. The van der Waals surface area contributed by atoms with E-state index in [0.29, 0.717) is 35.8 Å². The molecule has 0 N–H and O–H groups in total. The molecule has 176 valence electrons. The van der Waals surface area contributed by atoms with E-state index < -0.39 is 5.97 Å². The summed E-state index contributed by atoms with van der Waals surface area (Å²) in [6, 6.07) is 18.1. The third-order valence-electron chi connectivity index (χ3n) is 5.06. The Bertz CT molecular complexity index is 1080. The Morgan fingerprint density at radius 1 is 0.765 bits per heavy atom. The first kappa shape index (κ1) is 24.7. The first-order valence-corrected chi connectivity index (χ1v) is 11.3. The van der Waals surface area contributed by atoms with Crippen LogP contribution < -0.4 is 9.47 Å². The number of benzene rings is 2. The van der Waals surface area contributed by atoms with Gasteiger partial charge in [-0.1, -0.05) is 18.7 Å². The number of pyridine rings is 1. The number of hydrogen-bond donors (Lipinski definition) is 0. The van der Waals surface area contributed by atoms with Gasteiger partial charge >= 0.3 is 11.9 Å². The SMILES string of the molecule is C=C(C)C(=O)OCCCCCCOc1ccc(C(=O)Oc2ccc(-c3ccncc3)cc2)cc1. The molecular formula is C28H29NO5. The van der Waals surface area contributed by atoms with Crippen LogP contribution in [0.1, 0.15) is 43.0 Å². The molecule has 0 aliphatic heterocycles. The van der Waals surface area contributed by atoms with Gasteiger partial charge in [0, 0.05) is 18.0 Å². The second-order valence-electron chi connectivity index (χ2n) is 7.85. The highest BCUT2D eigenvalue weighted by Gasteiger charge is 2.09. The summed E-state index contributed by atoms with van der Waals surface area (Å²) < 4.78 is 16.3. The molecule has 2 aromatic carbocycles. The molecule has 0 radical (unpaired) electrons. The van der Waals surface area contributed by atoms with Crippen molar-refractivity contribution in [3.8, 4) is 22.6 Å². The minimum atomic E-state index is -0.421. The van der Waals surface area contributed by atoms with Gasteiger partial charge in [0.05, 0.1) is 18.8 Å². The molecule has 0 aliphatic carbocycles. The minimum Gasteiger partial charge on any atom is -0.494 e. The van der Waals surface area contributed by atoms with Crippen molar-refractivity contribution in [2.75, 3.05) is 13.2 Å². The summed E-state index contributed by atoms with van der Waals surface area (Å²) in [6.45, 7) is 6.19. The monoisotopic (exact) mass is 459 g/mol. The predicted molar refractivity (Wildman–Crippen MR) is 131 cm³/mol. The first-order valence-electron chi connectivity index (χ1n) is 11.3. The van der Waals surface area contributed by atoms with Crippen molar-refractivity contribution in [3.63, 3.8) is 0 Å². The number of esters is 2. The summed E-state index contributed by atoms with van der Waals surface area (Å²) >= 11 is 0. The van der Waals surface area contributed by atoms with Gasteiger partial charge in [0.1, 0.15) is 11.5 Å². The van der Waals surface area contributed by atoms with Crippen molar-refractivity contribution in [1.29, 1.82) is 0 Å². The fourth-order valence-electron chi connectivity index (χ4n) is 3.15. The van der Waals surface area contributed by atoms with Crippen LogP contribution in [0.15, 0.2) is 85.2 Å². The predicted octanol–water partition coefficient (Wildman–Crippen LogP) is 6.03. The molecule has 1 heterocycles. The molecule has 3 rings (SSSR count). The molecule has 0 spiro atoms. The zero-order valence-electron chi connectivity index (χ0n) is 19.4. The van der Waals surface area contributed by atoms with Crippen LogP contribution in [0.5, 0.6) is 11.5 Å². The normalized spacial score (nSPS) is 10.4. The molecule has 6 nitrogen and oxygen atoms in total. The Morgan fingerprint density at radius 2 is 1.35 bits per heavy atom. The van der Waals surface area contributed by atoms with E-state index in [0.717, 1.165) is 36.8 Å². The molecule has 34 heavy (non-hydrogen) atoms. The van der Waals surface area contributed by atoms with E-state index in [1.165, 1.54) is 0 Å². The molecule has 0 saturated carbocycles. The average molecular weight is 460 g/mol. The van der Waals surface area contributed by atoms with Crippen LogP contribution in [-0.2, 0) is 9.53 Å². The number of hydrogen-bond acceptors (Lipinski definition) is 6. The number of rotatable bonds is 12. The van der Waals surface area contributed by atoms with Crippen LogP contribution in [0.3, 0.4) is 0 Å². The molecule has 6 heteroatoms. The van der Waals surface area contributed by atoms with Crippen molar-refractivity contribution in [2.24, 2.45) is 0 Å². The van der Waals surface area contributed by atoms with Crippen molar-refractivity contribution in [2.45, 2.75) is 32.6 Å². The summed E-state index contributed by atoms with van der Waals surface area (Å²) in [4.78, 5) is 27.7. The van der Waals surface area contributed by atoms with E-state index in [1.807, 2.05) is 24.3 Å². The van der Waals surface area contributed by atoms with Gasteiger partial charge in [0.2, 0.25) is 0 Å². The molecule has 3 aromatic rings. The molecule has 0 unspecified atom stereocenters. The number of aromatic nitrogens is 1. The van der Waals surface area contributed by atoms with Crippen LogP contribution in [0, 0.1) is 0 Å². The Morgan fingerprint density at radius 3 is 2.00 bits per heavy atom. The Labute approximate surface area is 200 Å². The van der Waals surface area contributed by atoms with Gasteiger partial charge in [-0.25, -0.2) is 9.59 Å². The molecule has 0 atom stereocenters. The van der Waals surface area contributed by atoms with Gasteiger partial charge in [-0.05, 0) is 92.3 Å². The lowest BCUT2D eigenvalue weighted by Gasteiger charge is -2.08. The highest BCUT2D eigenvalue weighted by atomic mass is 16.5.